The standard InChI is InChI=1S/C20H32N4O.HI/c1-5-21-20(24-10-9-18(14-24)11-15(2)3)22-13-17-7-6-8-19(12-17)23-16(4)25;/h6-8,12,15,18H,5,9-11,13-14H2,1-4H3,(H,21,22)(H,23,25);1H. The van der Waals surface area contributed by atoms with Gasteiger partial charge in [-0.3, -0.25) is 4.79 Å². The molecule has 0 aliphatic carbocycles. The maximum Gasteiger partial charge on any atom is 0.221 e. The van der Waals surface area contributed by atoms with Crippen molar-refractivity contribution in [3.05, 3.63) is 29.8 Å². The van der Waals surface area contributed by atoms with Gasteiger partial charge in [0.2, 0.25) is 5.91 Å². The SMILES string of the molecule is CCNC(=NCc1cccc(NC(C)=O)c1)N1CCC(CC(C)C)C1.I. The van der Waals surface area contributed by atoms with Crippen molar-refractivity contribution in [1.29, 1.82) is 0 Å². The van der Waals surface area contributed by atoms with E-state index < -0.39 is 0 Å². The van der Waals surface area contributed by atoms with Crippen LogP contribution in [0, 0.1) is 11.8 Å². The van der Waals surface area contributed by atoms with Gasteiger partial charge in [-0.1, -0.05) is 26.0 Å². The Bertz CT molecular complexity index is 603. The summed E-state index contributed by atoms with van der Waals surface area (Å²) in [6, 6.07) is 7.89. The van der Waals surface area contributed by atoms with Crippen molar-refractivity contribution in [2.75, 3.05) is 25.0 Å². The molecule has 26 heavy (non-hydrogen) atoms. The Hall–Kier alpha value is -1.31. The summed E-state index contributed by atoms with van der Waals surface area (Å²) in [6.45, 7) is 11.9. The van der Waals surface area contributed by atoms with Crippen LogP contribution >= 0.6 is 24.0 Å². The fourth-order valence-electron chi connectivity index (χ4n) is 3.43. The highest BCUT2D eigenvalue weighted by molar-refractivity contribution is 14.0. The molecule has 2 N–H and O–H groups in total. The van der Waals surface area contributed by atoms with E-state index in [4.69, 9.17) is 4.99 Å². The molecule has 1 unspecified atom stereocenters. The van der Waals surface area contributed by atoms with Gasteiger partial charge in [-0.2, -0.15) is 0 Å². The number of benzene rings is 1. The molecule has 1 aromatic rings. The van der Waals surface area contributed by atoms with Gasteiger partial charge in [0, 0.05) is 32.2 Å². The number of anilines is 1. The topological polar surface area (TPSA) is 56.7 Å². The minimum Gasteiger partial charge on any atom is -0.357 e. The molecule has 0 spiro atoms. The second-order valence-corrected chi connectivity index (χ2v) is 7.28. The molecule has 1 aliphatic rings. The lowest BCUT2D eigenvalue weighted by Gasteiger charge is -2.22. The Morgan fingerprint density at radius 3 is 2.81 bits per heavy atom. The summed E-state index contributed by atoms with van der Waals surface area (Å²) in [5.41, 5.74) is 1.92. The summed E-state index contributed by atoms with van der Waals surface area (Å²) in [4.78, 5) is 18.4. The van der Waals surface area contributed by atoms with Crippen molar-refractivity contribution in [3.63, 3.8) is 0 Å². The van der Waals surface area contributed by atoms with Crippen LogP contribution in [0.2, 0.25) is 0 Å². The van der Waals surface area contributed by atoms with E-state index in [9.17, 15) is 4.79 Å². The van der Waals surface area contributed by atoms with Crippen LogP contribution in [0.15, 0.2) is 29.3 Å². The molecule has 2 rings (SSSR count). The Balaban J connectivity index is 0.00000338. The number of hydrogen-bond acceptors (Lipinski definition) is 2. The molecule has 146 valence electrons. The van der Waals surface area contributed by atoms with Gasteiger partial charge >= 0.3 is 0 Å². The molecule has 5 nitrogen and oxygen atoms in total. The zero-order valence-corrected chi connectivity index (χ0v) is 18.7. The third-order valence-corrected chi connectivity index (χ3v) is 4.38. The van der Waals surface area contributed by atoms with Gasteiger partial charge in [-0.25, -0.2) is 4.99 Å². The third kappa shape index (κ3) is 7.51. The molecule has 1 aromatic carbocycles. The summed E-state index contributed by atoms with van der Waals surface area (Å²) >= 11 is 0. The van der Waals surface area contributed by atoms with Crippen LogP contribution in [0.3, 0.4) is 0 Å². The van der Waals surface area contributed by atoms with Crippen molar-refractivity contribution in [2.24, 2.45) is 16.8 Å². The number of nitrogens with one attached hydrogen (secondary N) is 2. The predicted molar refractivity (Wildman–Crippen MR) is 120 cm³/mol. The molecule has 1 atom stereocenters. The Kier molecular flexibility index (Phi) is 9.98. The molecule has 0 saturated carbocycles. The van der Waals surface area contributed by atoms with Crippen LogP contribution in [-0.2, 0) is 11.3 Å². The molecular formula is C20H33IN4O. The molecule has 0 radical (unpaired) electrons. The van der Waals surface area contributed by atoms with Crippen LogP contribution in [0.1, 0.15) is 46.1 Å². The van der Waals surface area contributed by atoms with Crippen LogP contribution in [0.25, 0.3) is 0 Å². The average molecular weight is 472 g/mol. The van der Waals surface area contributed by atoms with Crippen molar-refractivity contribution in [3.8, 4) is 0 Å². The fraction of sp³-hybridized carbons (Fsp3) is 0.600. The first-order valence-corrected chi connectivity index (χ1v) is 9.37. The van der Waals surface area contributed by atoms with Gasteiger partial charge in [0.1, 0.15) is 0 Å². The highest BCUT2D eigenvalue weighted by atomic mass is 127. The number of amides is 1. The maximum atomic E-state index is 11.2. The molecular weight excluding hydrogens is 439 g/mol. The van der Waals surface area contributed by atoms with Gasteiger partial charge in [0.05, 0.1) is 6.54 Å². The third-order valence-electron chi connectivity index (χ3n) is 4.38. The second-order valence-electron chi connectivity index (χ2n) is 7.28. The van der Waals surface area contributed by atoms with E-state index in [1.807, 2.05) is 24.3 Å². The molecule has 1 fully saturated rings. The van der Waals surface area contributed by atoms with Crippen LogP contribution in [0.5, 0.6) is 0 Å². The maximum absolute atomic E-state index is 11.2. The molecule has 1 aliphatic heterocycles. The number of carbonyl (C=O) groups is 1. The van der Waals surface area contributed by atoms with Crippen LogP contribution < -0.4 is 10.6 Å². The Morgan fingerprint density at radius 1 is 1.38 bits per heavy atom. The van der Waals surface area contributed by atoms with Crippen molar-refractivity contribution in [2.45, 2.75) is 47.1 Å². The van der Waals surface area contributed by atoms with E-state index in [-0.39, 0.29) is 29.9 Å². The van der Waals surface area contributed by atoms with Crippen molar-refractivity contribution in [1.82, 2.24) is 10.2 Å². The lowest BCUT2D eigenvalue weighted by atomic mass is 9.97. The van der Waals surface area contributed by atoms with Crippen molar-refractivity contribution >= 4 is 41.5 Å². The van der Waals surface area contributed by atoms with Gasteiger partial charge < -0.3 is 15.5 Å². The summed E-state index contributed by atoms with van der Waals surface area (Å²) in [5.74, 6) is 2.47. The first-order valence-electron chi connectivity index (χ1n) is 9.37. The van der Waals surface area contributed by atoms with E-state index in [0.29, 0.717) is 6.54 Å². The summed E-state index contributed by atoms with van der Waals surface area (Å²) in [6.07, 6.45) is 2.54. The number of likely N-dealkylation sites (tertiary alicyclic amines) is 1. The average Bonchev–Trinajstić information content (AvgIpc) is 2.98. The fourth-order valence-corrected chi connectivity index (χ4v) is 3.43. The smallest absolute Gasteiger partial charge is 0.221 e. The van der Waals surface area contributed by atoms with E-state index in [0.717, 1.165) is 48.7 Å². The molecule has 1 heterocycles. The predicted octanol–water partition coefficient (Wildman–Crippen LogP) is 4.10. The number of aliphatic imine (C=N–C) groups is 1. The lowest BCUT2D eigenvalue weighted by molar-refractivity contribution is -0.114. The quantitative estimate of drug-likeness (QED) is 0.373. The highest BCUT2D eigenvalue weighted by Crippen LogP contribution is 2.23. The van der Waals surface area contributed by atoms with Gasteiger partial charge in [0.25, 0.3) is 0 Å². The first-order chi connectivity index (χ1) is 12.0. The summed E-state index contributed by atoms with van der Waals surface area (Å²) in [5, 5.41) is 6.25. The van der Waals surface area contributed by atoms with Crippen LogP contribution in [-0.4, -0.2) is 36.4 Å². The number of rotatable bonds is 6. The minimum absolute atomic E-state index is 0. The first kappa shape index (κ1) is 22.7. The number of hydrogen-bond donors (Lipinski definition) is 2. The normalized spacial score (nSPS) is 17.2. The molecule has 6 heteroatoms. The van der Waals surface area contributed by atoms with Gasteiger partial charge in [-0.05, 0) is 49.3 Å². The Morgan fingerprint density at radius 2 is 2.15 bits per heavy atom. The highest BCUT2D eigenvalue weighted by Gasteiger charge is 2.25. The van der Waals surface area contributed by atoms with E-state index in [2.05, 4.69) is 36.3 Å². The van der Waals surface area contributed by atoms with Crippen LogP contribution in [0.4, 0.5) is 5.69 Å². The molecule has 1 saturated heterocycles. The van der Waals surface area contributed by atoms with E-state index in [1.165, 1.54) is 19.8 Å². The Labute approximate surface area is 175 Å². The summed E-state index contributed by atoms with van der Waals surface area (Å²) in [7, 11) is 0. The second kappa shape index (κ2) is 11.4. The van der Waals surface area contributed by atoms with E-state index in [1.54, 1.807) is 0 Å². The van der Waals surface area contributed by atoms with E-state index >= 15 is 0 Å². The number of carbonyl (C=O) groups excluding carboxylic acids is 1. The zero-order chi connectivity index (χ0) is 18.2. The largest absolute Gasteiger partial charge is 0.357 e. The number of halogens is 1. The molecule has 1 amide bonds. The molecule has 0 aromatic heterocycles. The number of guanidine groups is 1. The zero-order valence-electron chi connectivity index (χ0n) is 16.4. The number of nitrogens with zero attached hydrogens (tertiary/aromatic N) is 2. The van der Waals surface area contributed by atoms with Gasteiger partial charge in [0.15, 0.2) is 5.96 Å². The summed E-state index contributed by atoms with van der Waals surface area (Å²) < 4.78 is 0. The molecule has 0 bridgehead atoms. The monoisotopic (exact) mass is 472 g/mol. The van der Waals surface area contributed by atoms with Crippen molar-refractivity contribution < 1.29 is 4.79 Å². The minimum atomic E-state index is -0.0535. The van der Waals surface area contributed by atoms with Gasteiger partial charge in [-0.15, -0.1) is 24.0 Å². The lowest BCUT2D eigenvalue weighted by Crippen LogP contribution is -2.40.